The van der Waals surface area contributed by atoms with E-state index in [0.29, 0.717) is 24.7 Å². The molecule has 0 N–H and O–H groups in total. The molecule has 1 saturated heterocycles. The zero-order valence-electron chi connectivity index (χ0n) is 13.4. The number of unbranched alkanes of at least 4 members (excludes halogenated alkanes) is 2. The monoisotopic (exact) mass is 302 g/mol. The highest BCUT2D eigenvalue weighted by Crippen LogP contribution is 2.37. The largest absolute Gasteiger partial charge is 0.454 e. The third-order valence-electron chi connectivity index (χ3n) is 4.80. The second kappa shape index (κ2) is 7.19. The Kier molecular flexibility index (Phi) is 5.04. The lowest BCUT2D eigenvalue weighted by atomic mass is 9.84. The van der Waals surface area contributed by atoms with Gasteiger partial charge in [0.2, 0.25) is 6.79 Å². The first-order valence-electron chi connectivity index (χ1n) is 8.44. The van der Waals surface area contributed by atoms with Crippen LogP contribution in [0.15, 0.2) is 30.9 Å². The molecule has 3 rings (SSSR count). The third-order valence-corrected chi connectivity index (χ3v) is 4.80. The normalized spacial score (nSPS) is 26.3. The molecule has 0 amide bonds. The Morgan fingerprint density at radius 2 is 2.09 bits per heavy atom. The molecule has 3 heteroatoms. The Balaban J connectivity index is 1.61. The first-order chi connectivity index (χ1) is 10.8. The quantitative estimate of drug-likeness (QED) is 0.553. The number of benzene rings is 1. The highest BCUT2D eigenvalue weighted by molar-refractivity contribution is 5.44. The molecule has 1 fully saturated rings. The van der Waals surface area contributed by atoms with Crippen molar-refractivity contribution in [1.29, 1.82) is 0 Å². The first-order valence-corrected chi connectivity index (χ1v) is 8.44. The summed E-state index contributed by atoms with van der Waals surface area (Å²) in [6.45, 7) is 7.45. The summed E-state index contributed by atoms with van der Waals surface area (Å²) in [5.41, 5.74) is 1.29. The van der Waals surface area contributed by atoms with Gasteiger partial charge in [0, 0.05) is 5.92 Å². The van der Waals surface area contributed by atoms with Crippen molar-refractivity contribution in [3.63, 3.8) is 0 Å². The van der Waals surface area contributed by atoms with E-state index in [0.717, 1.165) is 30.9 Å². The minimum absolute atomic E-state index is 0.333. The molecule has 0 aromatic heterocycles. The van der Waals surface area contributed by atoms with E-state index in [2.05, 4.69) is 31.7 Å². The Morgan fingerprint density at radius 3 is 2.91 bits per heavy atom. The summed E-state index contributed by atoms with van der Waals surface area (Å²) >= 11 is 0. The minimum atomic E-state index is 0.333. The van der Waals surface area contributed by atoms with Crippen molar-refractivity contribution in [3.05, 3.63) is 36.4 Å². The lowest BCUT2D eigenvalue weighted by molar-refractivity contribution is 0.0883. The minimum Gasteiger partial charge on any atom is -0.454 e. The summed E-state index contributed by atoms with van der Waals surface area (Å²) < 4.78 is 16.9. The molecular formula is C19H26O3. The summed E-state index contributed by atoms with van der Waals surface area (Å²) in [6, 6.07) is 6.25. The van der Waals surface area contributed by atoms with Crippen molar-refractivity contribution < 1.29 is 14.2 Å². The zero-order valence-corrected chi connectivity index (χ0v) is 13.4. The summed E-state index contributed by atoms with van der Waals surface area (Å²) in [6.07, 6.45) is 8.41. The van der Waals surface area contributed by atoms with Crippen LogP contribution in [0.1, 0.15) is 38.2 Å². The molecule has 1 aromatic carbocycles. The molecule has 3 nitrogen and oxygen atoms in total. The highest BCUT2D eigenvalue weighted by atomic mass is 16.7. The average molecular weight is 302 g/mol. The van der Waals surface area contributed by atoms with E-state index in [4.69, 9.17) is 14.2 Å². The molecule has 0 aliphatic carbocycles. The number of ether oxygens (including phenoxy) is 3. The molecule has 0 saturated carbocycles. The van der Waals surface area contributed by atoms with Crippen molar-refractivity contribution in [2.24, 2.45) is 11.8 Å². The van der Waals surface area contributed by atoms with Crippen molar-refractivity contribution in [3.8, 4) is 11.5 Å². The van der Waals surface area contributed by atoms with E-state index in [-0.39, 0.29) is 0 Å². The van der Waals surface area contributed by atoms with Crippen LogP contribution in [0.4, 0.5) is 0 Å². The van der Waals surface area contributed by atoms with E-state index >= 15 is 0 Å². The van der Waals surface area contributed by atoms with Gasteiger partial charge in [0.05, 0.1) is 12.7 Å². The molecule has 0 unspecified atom stereocenters. The second-order valence-corrected chi connectivity index (χ2v) is 6.33. The molecule has 22 heavy (non-hydrogen) atoms. The van der Waals surface area contributed by atoms with E-state index in [1.165, 1.54) is 24.8 Å². The molecule has 2 heterocycles. The van der Waals surface area contributed by atoms with Crippen LogP contribution < -0.4 is 9.47 Å². The Hall–Kier alpha value is -1.48. The fourth-order valence-corrected chi connectivity index (χ4v) is 3.55. The number of hydrogen-bond donors (Lipinski definition) is 0. The van der Waals surface area contributed by atoms with Gasteiger partial charge in [-0.25, -0.2) is 0 Å². The van der Waals surface area contributed by atoms with Gasteiger partial charge in [-0.15, -0.1) is 6.58 Å². The molecule has 3 atom stereocenters. The van der Waals surface area contributed by atoms with Gasteiger partial charge >= 0.3 is 0 Å². The Bertz CT molecular complexity index is 511. The van der Waals surface area contributed by atoms with Crippen LogP contribution in [0.5, 0.6) is 11.5 Å². The third kappa shape index (κ3) is 3.30. The van der Waals surface area contributed by atoms with Crippen molar-refractivity contribution in [2.45, 2.75) is 45.1 Å². The van der Waals surface area contributed by atoms with Crippen LogP contribution in [-0.4, -0.2) is 19.5 Å². The van der Waals surface area contributed by atoms with Gasteiger partial charge in [0.15, 0.2) is 11.5 Å². The fraction of sp³-hybridized carbons (Fsp3) is 0.579. The maximum Gasteiger partial charge on any atom is 0.231 e. The molecular weight excluding hydrogens is 276 g/mol. The van der Waals surface area contributed by atoms with Crippen LogP contribution >= 0.6 is 0 Å². The average Bonchev–Trinajstić information content (AvgIpc) is 3.14. The smallest absolute Gasteiger partial charge is 0.231 e. The van der Waals surface area contributed by atoms with Crippen LogP contribution in [0.25, 0.3) is 0 Å². The predicted molar refractivity (Wildman–Crippen MR) is 87.3 cm³/mol. The summed E-state index contributed by atoms with van der Waals surface area (Å²) in [5, 5.41) is 0. The zero-order chi connectivity index (χ0) is 15.4. The maximum atomic E-state index is 6.05. The summed E-state index contributed by atoms with van der Waals surface area (Å²) in [5.74, 6) is 2.70. The lowest BCUT2D eigenvalue weighted by Crippen LogP contribution is -2.19. The Morgan fingerprint density at radius 1 is 1.23 bits per heavy atom. The SMILES string of the molecule is C=C[C@@H]1[C@@H](Cc2ccc3c(c2)OCO3)CO[C@H]1CCCCC. The van der Waals surface area contributed by atoms with E-state index in [1.807, 2.05) is 6.07 Å². The van der Waals surface area contributed by atoms with Crippen molar-refractivity contribution in [2.75, 3.05) is 13.4 Å². The molecule has 0 bridgehead atoms. The van der Waals surface area contributed by atoms with Gasteiger partial charge in [0.1, 0.15) is 0 Å². The fourth-order valence-electron chi connectivity index (χ4n) is 3.55. The number of fused-ring (bicyclic) bond motifs is 1. The highest BCUT2D eigenvalue weighted by Gasteiger charge is 2.34. The van der Waals surface area contributed by atoms with Gasteiger partial charge in [-0.2, -0.15) is 0 Å². The Labute approximate surface area is 133 Å². The maximum absolute atomic E-state index is 6.05. The second-order valence-electron chi connectivity index (χ2n) is 6.33. The molecule has 120 valence electrons. The van der Waals surface area contributed by atoms with E-state index < -0.39 is 0 Å². The van der Waals surface area contributed by atoms with Crippen LogP contribution in [0.3, 0.4) is 0 Å². The molecule has 0 spiro atoms. The molecule has 1 aromatic rings. The van der Waals surface area contributed by atoms with Crippen molar-refractivity contribution in [1.82, 2.24) is 0 Å². The summed E-state index contributed by atoms with van der Waals surface area (Å²) in [4.78, 5) is 0. The number of hydrogen-bond acceptors (Lipinski definition) is 3. The topological polar surface area (TPSA) is 27.7 Å². The van der Waals surface area contributed by atoms with Gasteiger partial charge in [-0.3, -0.25) is 0 Å². The first kappa shape index (κ1) is 15.4. The lowest BCUT2D eigenvalue weighted by Gasteiger charge is -2.19. The van der Waals surface area contributed by atoms with E-state index in [1.54, 1.807) is 0 Å². The van der Waals surface area contributed by atoms with Gasteiger partial charge in [-0.05, 0) is 36.5 Å². The van der Waals surface area contributed by atoms with Crippen LogP contribution in [0.2, 0.25) is 0 Å². The van der Waals surface area contributed by atoms with Crippen LogP contribution in [0, 0.1) is 11.8 Å². The van der Waals surface area contributed by atoms with Gasteiger partial charge < -0.3 is 14.2 Å². The molecule has 2 aliphatic heterocycles. The van der Waals surface area contributed by atoms with Crippen LogP contribution in [-0.2, 0) is 11.2 Å². The standard InChI is InChI=1S/C19H26O3/c1-3-5-6-7-17-16(4-2)15(12-20-17)10-14-8-9-18-19(11-14)22-13-21-18/h4,8-9,11,15-17H,2-3,5-7,10,12-13H2,1H3/t15-,16+,17-/m0/s1. The predicted octanol–water partition coefficient (Wildman–Crippen LogP) is 4.36. The molecule has 0 radical (unpaired) electrons. The molecule has 2 aliphatic rings. The number of rotatable bonds is 7. The van der Waals surface area contributed by atoms with Gasteiger partial charge in [-0.1, -0.05) is 38.3 Å². The van der Waals surface area contributed by atoms with E-state index in [9.17, 15) is 0 Å². The summed E-state index contributed by atoms with van der Waals surface area (Å²) in [7, 11) is 0. The van der Waals surface area contributed by atoms with Gasteiger partial charge in [0.25, 0.3) is 0 Å². The van der Waals surface area contributed by atoms with Crippen molar-refractivity contribution >= 4 is 0 Å².